The minimum atomic E-state index is -0.419. The average molecular weight is 300 g/mol. The van der Waals surface area contributed by atoms with Crippen molar-refractivity contribution in [1.82, 2.24) is 14.5 Å². The van der Waals surface area contributed by atoms with E-state index in [2.05, 4.69) is 9.97 Å². The number of nitrogens with two attached hydrogens (primary N) is 1. The lowest BCUT2D eigenvalue weighted by Crippen LogP contribution is -2.22. The van der Waals surface area contributed by atoms with Gasteiger partial charge in [-0.2, -0.15) is 4.98 Å². The second-order valence-electron chi connectivity index (χ2n) is 4.09. The summed E-state index contributed by atoms with van der Waals surface area (Å²) < 4.78 is 7.82. The Morgan fingerprint density at radius 2 is 2.37 bits per heavy atom. The van der Waals surface area contributed by atoms with Crippen molar-refractivity contribution >= 4 is 39.4 Å². The van der Waals surface area contributed by atoms with Crippen molar-refractivity contribution in [3.05, 3.63) is 15.4 Å². The van der Waals surface area contributed by atoms with Crippen LogP contribution in [-0.2, 0) is 4.74 Å². The van der Waals surface area contributed by atoms with Gasteiger partial charge in [0.1, 0.15) is 11.7 Å². The number of anilines is 1. The molecule has 0 aromatic carbocycles. The summed E-state index contributed by atoms with van der Waals surface area (Å²) in [7, 11) is 0. The summed E-state index contributed by atoms with van der Waals surface area (Å²) in [4.78, 5) is 20.1. The number of thiazole rings is 1. The van der Waals surface area contributed by atoms with E-state index in [1.54, 1.807) is 6.92 Å². The minimum Gasteiger partial charge on any atom is -0.393 e. The zero-order chi connectivity index (χ0) is 13.6. The lowest BCUT2D eigenvalue weighted by molar-refractivity contribution is -0.00274. The van der Waals surface area contributed by atoms with Crippen molar-refractivity contribution in [3.63, 3.8) is 0 Å². The Balaban J connectivity index is 2.13. The van der Waals surface area contributed by atoms with Crippen LogP contribution in [-0.4, -0.2) is 37.4 Å². The van der Waals surface area contributed by atoms with Crippen molar-refractivity contribution in [3.8, 4) is 0 Å². The molecule has 2 atom stereocenters. The quantitative estimate of drug-likeness (QED) is 0.823. The van der Waals surface area contributed by atoms with Gasteiger partial charge in [0.05, 0.1) is 17.0 Å². The number of aromatic nitrogens is 3. The first-order chi connectivity index (χ1) is 9.10. The molecule has 2 aromatic heterocycles. The lowest BCUT2D eigenvalue weighted by Gasteiger charge is -2.12. The summed E-state index contributed by atoms with van der Waals surface area (Å²) in [6, 6.07) is 0. The molecule has 7 nitrogen and oxygen atoms in total. The number of nitrogen functional groups attached to an aromatic ring is 1. The highest BCUT2D eigenvalue weighted by Gasteiger charge is 2.30. The second-order valence-corrected chi connectivity index (χ2v) is 6.25. The second kappa shape index (κ2) is 4.75. The van der Waals surface area contributed by atoms with Gasteiger partial charge >= 0.3 is 4.87 Å². The van der Waals surface area contributed by atoms with E-state index in [9.17, 15) is 4.79 Å². The van der Waals surface area contributed by atoms with Gasteiger partial charge in [-0.15, -0.1) is 11.8 Å². The molecule has 2 aromatic rings. The first kappa shape index (κ1) is 12.9. The van der Waals surface area contributed by atoms with Crippen LogP contribution in [0.5, 0.6) is 0 Å². The SMILES string of the molecule is Cc1nc(N)nc2c1sc(=O)n2C1CSC(CO)O1. The van der Waals surface area contributed by atoms with Crippen molar-refractivity contribution in [2.45, 2.75) is 18.6 Å². The number of nitrogens with zero attached hydrogens (tertiary/aromatic N) is 3. The summed E-state index contributed by atoms with van der Waals surface area (Å²) >= 11 is 2.56. The van der Waals surface area contributed by atoms with Crippen molar-refractivity contribution in [2.24, 2.45) is 0 Å². The molecule has 0 aliphatic carbocycles. The van der Waals surface area contributed by atoms with E-state index in [0.29, 0.717) is 17.1 Å². The molecule has 102 valence electrons. The Bertz CT molecular complexity index is 683. The molecule has 3 rings (SSSR count). The molecule has 1 aliphatic rings. The smallest absolute Gasteiger partial charge is 0.311 e. The van der Waals surface area contributed by atoms with Gasteiger partial charge in [0.2, 0.25) is 5.95 Å². The third kappa shape index (κ3) is 2.12. The molecule has 2 unspecified atom stereocenters. The molecule has 19 heavy (non-hydrogen) atoms. The van der Waals surface area contributed by atoms with E-state index in [4.69, 9.17) is 15.6 Å². The van der Waals surface area contributed by atoms with Crippen molar-refractivity contribution in [2.75, 3.05) is 18.1 Å². The number of ether oxygens (including phenoxy) is 1. The molecular formula is C10H12N4O3S2. The Morgan fingerprint density at radius 3 is 3.05 bits per heavy atom. The number of hydrogen-bond acceptors (Lipinski definition) is 8. The van der Waals surface area contributed by atoms with Crippen LogP contribution >= 0.6 is 23.1 Å². The normalized spacial score (nSPS) is 23.3. The third-order valence-corrected chi connectivity index (χ3v) is 4.98. The van der Waals surface area contributed by atoms with Crippen LogP contribution in [0.2, 0.25) is 0 Å². The number of aliphatic hydroxyl groups excluding tert-OH is 1. The summed E-state index contributed by atoms with van der Waals surface area (Å²) in [5, 5.41) is 9.08. The Labute approximate surface area is 116 Å². The number of aliphatic hydroxyl groups is 1. The van der Waals surface area contributed by atoms with E-state index in [-0.39, 0.29) is 22.9 Å². The first-order valence-corrected chi connectivity index (χ1v) is 7.49. The van der Waals surface area contributed by atoms with Gasteiger partial charge in [-0.1, -0.05) is 11.3 Å². The highest BCUT2D eigenvalue weighted by molar-refractivity contribution is 8.00. The van der Waals surface area contributed by atoms with Gasteiger partial charge in [0.25, 0.3) is 0 Å². The van der Waals surface area contributed by atoms with Gasteiger partial charge in [0, 0.05) is 5.75 Å². The van der Waals surface area contributed by atoms with Gasteiger partial charge < -0.3 is 15.6 Å². The van der Waals surface area contributed by atoms with Crippen LogP contribution in [0.25, 0.3) is 10.3 Å². The summed E-state index contributed by atoms with van der Waals surface area (Å²) in [5.74, 6) is 0.737. The molecule has 0 saturated carbocycles. The maximum Gasteiger partial charge on any atom is 0.311 e. The Morgan fingerprint density at radius 1 is 1.58 bits per heavy atom. The van der Waals surface area contributed by atoms with E-state index in [1.165, 1.54) is 16.3 Å². The maximum atomic E-state index is 12.1. The third-order valence-electron chi connectivity index (χ3n) is 2.82. The number of hydrogen-bond donors (Lipinski definition) is 2. The molecule has 1 saturated heterocycles. The number of rotatable bonds is 2. The molecule has 0 spiro atoms. The predicted molar refractivity (Wildman–Crippen MR) is 74.3 cm³/mol. The minimum absolute atomic E-state index is 0.0753. The first-order valence-electron chi connectivity index (χ1n) is 5.63. The molecular weight excluding hydrogens is 288 g/mol. The van der Waals surface area contributed by atoms with Crippen LogP contribution < -0.4 is 10.6 Å². The fourth-order valence-corrected chi connectivity index (χ4v) is 3.83. The fraction of sp³-hybridized carbons (Fsp3) is 0.500. The van der Waals surface area contributed by atoms with Crippen LogP contribution in [0.1, 0.15) is 11.9 Å². The van der Waals surface area contributed by atoms with E-state index in [1.807, 2.05) is 0 Å². The van der Waals surface area contributed by atoms with Gasteiger partial charge in [-0.3, -0.25) is 9.36 Å². The topological polar surface area (TPSA) is 103 Å². The van der Waals surface area contributed by atoms with Crippen molar-refractivity contribution < 1.29 is 9.84 Å². The summed E-state index contributed by atoms with van der Waals surface area (Å²) in [6.07, 6.45) is -0.419. The Hall–Kier alpha value is -1.16. The van der Waals surface area contributed by atoms with Crippen LogP contribution in [0.15, 0.2) is 4.79 Å². The maximum absolute atomic E-state index is 12.1. The van der Waals surface area contributed by atoms with Gasteiger partial charge in [0.15, 0.2) is 5.65 Å². The highest BCUT2D eigenvalue weighted by Crippen LogP contribution is 2.33. The molecule has 1 aliphatic heterocycles. The Kier molecular flexibility index (Phi) is 3.21. The zero-order valence-electron chi connectivity index (χ0n) is 10.1. The lowest BCUT2D eigenvalue weighted by atomic mass is 10.4. The van der Waals surface area contributed by atoms with Crippen LogP contribution in [0.3, 0.4) is 0 Å². The van der Waals surface area contributed by atoms with E-state index >= 15 is 0 Å². The molecule has 0 bridgehead atoms. The predicted octanol–water partition coefficient (Wildman–Crippen LogP) is 0.324. The molecule has 3 N–H and O–H groups in total. The summed E-state index contributed by atoms with van der Waals surface area (Å²) in [5.41, 5.74) is 6.53. The highest BCUT2D eigenvalue weighted by atomic mass is 32.2. The van der Waals surface area contributed by atoms with Crippen molar-refractivity contribution in [1.29, 1.82) is 0 Å². The molecule has 0 radical (unpaired) electrons. The molecule has 0 amide bonds. The van der Waals surface area contributed by atoms with Gasteiger partial charge in [-0.25, -0.2) is 4.98 Å². The number of fused-ring (bicyclic) bond motifs is 1. The number of aryl methyl sites for hydroxylation is 1. The molecule has 3 heterocycles. The standard InChI is InChI=1S/C10H12N4O3S2/c1-4-7-8(13-9(11)12-4)14(10(16)19-7)5-3-18-6(2-15)17-5/h5-6,15H,2-3H2,1H3,(H2,11,12,13). The average Bonchev–Trinajstić information content (AvgIpc) is 2.93. The largest absolute Gasteiger partial charge is 0.393 e. The fourth-order valence-electron chi connectivity index (χ4n) is 2.00. The van der Waals surface area contributed by atoms with Gasteiger partial charge in [-0.05, 0) is 6.92 Å². The zero-order valence-corrected chi connectivity index (χ0v) is 11.7. The summed E-state index contributed by atoms with van der Waals surface area (Å²) in [6.45, 7) is 1.72. The van der Waals surface area contributed by atoms with Crippen LogP contribution in [0, 0.1) is 6.92 Å². The molecule has 1 fully saturated rings. The van der Waals surface area contributed by atoms with E-state index in [0.717, 1.165) is 16.0 Å². The monoisotopic (exact) mass is 300 g/mol. The van der Waals surface area contributed by atoms with Crippen LogP contribution in [0.4, 0.5) is 5.95 Å². The van der Waals surface area contributed by atoms with E-state index < -0.39 is 6.23 Å². The molecule has 9 heteroatoms. The number of thioether (sulfide) groups is 1.